The van der Waals surface area contributed by atoms with E-state index in [-0.39, 0.29) is 18.3 Å². The van der Waals surface area contributed by atoms with Gasteiger partial charge in [0.15, 0.2) is 0 Å². The predicted molar refractivity (Wildman–Crippen MR) is 110 cm³/mol. The molecule has 3 aromatic rings. The Morgan fingerprint density at radius 2 is 1.85 bits per heavy atom. The van der Waals surface area contributed by atoms with E-state index in [1.807, 2.05) is 24.3 Å². The lowest BCUT2D eigenvalue weighted by Gasteiger charge is -2.17. The van der Waals surface area contributed by atoms with Gasteiger partial charge in [-0.05, 0) is 36.6 Å². The van der Waals surface area contributed by atoms with Crippen molar-refractivity contribution in [2.45, 2.75) is 26.3 Å². The molecule has 6 heteroatoms. The minimum atomic E-state index is 0. The van der Waals surface area contributed by atoms with Crippen molar-refractivity contribution in [1.29, 1.82) is 0 Å². The number of hydrogen-bond acceptors (Lipinski definition) is 4. The zero-order valence-corrected chi connectivity index (χ0v) is 16.0. The van der Waals surface area contributed by atoms with Gasteiger partial charge in [0, 0.05) is 34.7 Å². The van der Waals surface area contributed by atoms with Crippen LogP contribution in [-0.4, -0.2) is 10.9 Å². The number of fused-ring (bicyclic) bond motifs is 1. The van der Waals surface area contributed by atoms with E-state index in [1.165, 1.54) is 10.4 Å². The Kier molecular flexibility index (Phi) is 5.41. The summed E-state index contributed by atoms with van der Waals surface area (Å²) in [5.41, 5.74) is 12.1. The van der Waals surface area contributed by atoms with Crippen LogP contribution in [-0.2, 0) is 17.8 Å². The molecule has 0 aliphatic carbocycles. The molecular formula is C20H20ClN3OS. The van der Waals surface area contributed by atoms with Crippen molar-refractivity contribution in [2.75, 3.05) is 5.32 Å². The number of aryl methyl sites for hydroxylation is 2. The highest BCUT2D eigenvalue weighted by molar-refractivity contribution is 7.15. The standard InChI is InChI=1S/C20H19N3OS.ClH/c1-12-19(16-6-8-17-15(10-16)7-9-18(24)22-17)23-20(25-12)14-4-2-13(11-21)3-5-14;/h2-6,8,10H,7,9,11,21H2,1H3,(H,22,24);1H. The van der Waals surface area contributed by atoms with Gasteiger partial charge in [0.2, 0.25) is 5.91 Å². The van der Waals surface area contributed by atoms with E-state index < -0.39 is 0 Å². The largest absolute Gasteiger partial charge is 0.326 e. The minimum absolute atomic E-state index is 0. The highest BCUT2D eigenvalue weighted by Crippen LogP contribution is 2.35. The Morgan fingerprint density at radius 3 is 2.58 bits per heavy atom. The summed E-state index contributed by atoms with van der Waals surface area (Å²) in [5.74, 6) is 0.0910. The lowest BCUT2D eigenvalue weighted by Crippen LogP contribution is -2.18. The lowest BCUT2D eigenvalue weighted by atomic mass is 9.99. The number of anilines is 1. The molecule has 1 aliphatic heterocycles. The van der Waals surface area contributed by atoms with Gasteiger partial charge in [0.05, 0.1) is 5.69 Å². The first-order chi connectivity index (χ1) is 12.1. The van der Waals surface area contributed by atoms with Crippen LogP contribution in [0.5, 0.6) is 0 Å². The van der Waals surface area contributed by atoms with Gasteiger partial charge in [0.25, 0.3) is 0 Å². The first-order valence-electron chi connectivity index (χ1n) is 8.34. The lowest BCUT2D eigenvalue weighted by molar-refractivity contribution is -0.116. The molecule has 0 radical (unpaired) electrons. The molecule has 2 aromatic carbocycles. The van der Waals surface area contributed by atoms with E-state index >= 15 is 0 Å². The number of aromatic nitrogens is 1. The van der Waals surface area contributed by atoms with Crippen LogP contribution in [0.25, 0.3) is 21.8 Å². The maximum absolute atomic E-state index is 11.5. The summed E-state index contributed by atoms with van der Waals surface area (Å²) in [7, 11) is 0. The van der Waals surface area contributed by atoms with Crippen molar-refractivity contribution < 1.29 is 4.79 Å². The average Bonchev–Trinajstić information content (AvgIpc) is 3.03. The number of carbonyl (C=O) groups excluding carboxylic acids is 1. The van der Waals surface area contributed by atoms with Crippen LogP contribution in [0, 0.1) is 6.92 Å². The zero-order chi connectivity index (χ0) is 17.4. The molecule has 3 N–H and O–H groups in total. The molecule has 4 rings (SSSR count). The first kappa shape index (κ1) is 18.6. The van der Waals surface area contributed by atoms with Crippen LogP contribution in [0.1, 0.15) is 22.4 Å². The number of benzene rings is 2. The summed E-state index contributed by atoms with van der Waals surface area (Å²) < 4.78 is 0. The Bertz CT molecular complexity index is 950. The smallest absolute Gasteiger partial charge is 0.224 e. The molecule has 4 nitrogen and oxygen atoms in total. The fraction of sp³-hybridized carbons (Fsp3) is 0.200. The van der Waals surface area contributed by atoms with E-state index in [9.17, 15) is 4.79 Å². The number of thiazole rings is 1. The number of hydrogen-bond donors (Lipinski definition) is 2. The normalized spacial score (nSPS) is 12.9. The Hall–Kier alpha value is -2.21. The van der Waals surface area contributed by atoms with Crippen molar-refractivity contribution >= 4 is 35.3 Å². The monoisotopic (exact) mass is 385 g/mol. The van der Waals surface area contributed by atoms with E-state index in [0.717, 1.165) is 39.5 Å². The van der Waals surface area contributed by atoms with Crippen molar-refractivity contribution in [2.24, 2.45) is 5.73 Å². The van der Waals surface area contributed by atoms with Crippen molar-refractivity contribution in [3.8, 4) is 21.8 Å². The molecule has 1 amide bonds. The van der Waals surface area contributed by atoms with Gasteiger partial charge in [-0.25, -0.2) is 4.98 Å². The summed E-state index contributed by atoms with van der Waals surface area (Å²) >= 11 is 1.70. The van der Waals surface area contributed by atoms with Crippen LogP contribution in [0.4, 0.5) is 5.69 Å². The van der Waals surface area contributed by atoms with E-state index in [2.05, 4.69) is 30.4 Å². The third kappa shape index (κ3) is 3.51. The Balaban J connectivity index is 0.00000196. The number of rotatable bonds is 3. The Labute approximate surface area is 162 Å². The van der Waals surface area contributed by atoms with Gasteiger partial charge in [0.1, 0.15) is 5.01 Å². The van der Waals surface area contributed by atoms with Crippen molar-refractivity contribution in [3.63, 3.8) is 0 Å². The molecule has 0 spiro atoms. The molecular weight excluding hydrogens is 366 g/mol. The van der Waals surface area contributed by atoms with Crippen molar-refractivity contribution in [1.82, 2.24) is 4.98 Å². The van der Waals surface area contributed by atoms with Gasteiger partial charge >= 0.3 is 0 Å². The molecule has 2 heterocycles. The van der Waals surface area contributed by atoms with Gasteiger partial charge in [-0.1, -0.05) is 30.3 Å². The number of nitrogens with two attached hydrogens (primary N) is 1. The Morgan fingerprint density at radius 1 is 1.12 bits per heavy atom. The third-order valence-corrected chi connectivity index (χ3v) is 5.53. The van der Waals surface area contributed by atoms with E-state index in [4.69, 9.17) is 10.7 Å². The second kappa shape index (κ2) is 7.58. The fourth-order valence-corrected chi connectivity index (χ4v) is 4.04. The number of nitrogens with one attached hydrogen (secondary N) is 1. The molecule has 134 valence electrons. The molecule has 26 heavy (non-hydrogen) atoms. The third-order valence-electron chi connectivity index (χ3n) is 4.51. The molecule has 0 fully saturated rings. The second-order valence-corrected chi connectivity index (χ2v) is 7.45. The first-order valence-corrected chi connectivity index (χ1v) is 9.15. The SMILES string of the molecule is Cc1sc(-c2ccc(CN)cc2)nc1-c1ccc2c(c1)CCC(=O)N2.Cl. The zero-order valence-electron chi connectivity index (χ0n) is 14.4. The van der Waals surface area contributed by atoms with E-state index in [0.29, 0.717) is 13.0 Å². The number of amides is 1. The van der Waals surface area contributed by atoms with Gasteiger partial charge in [-0.2, -0.15) is 0 Å². The second-order valence-electron chi connectivity index (χ2n) is 6.24. The molecule has 0 unspecified atom stereocenters. The summed E-state index contributed by atoms with van der Waals surface area (Å²) in [6, 6.07) is 14.4. The van der Waals surface area contributed by atoms with Crippen LogP contribution >= 0.6 is 23.7 Å². The number of carbonyl (C=O) groups is 1. The maximum atomic E-state index is 11.5. The van der Waals surface area contributed by atoms with Crippen molar-refractivity contribution in [3.05, 3.63) is 58.5 Å². The summed E-state index contributed by atoms with van der Waals surface area (Å²) in [5, 5.41) is 3.94. The van der Waals surface area contributed by atoms with Crippen LogP contribution < -0.4 is 11.1 Å². The molecule has 1 aromatic heterocycles. The number of halogens is 1. The highest BCUT2D eigenvalue weighted by atomic mass is 35.5. The topological polar surface area (TPSA) is 68.0 Å². The predicted octanol–water partition coefficient (Wildman–Crippen LogP) is 4.55. The summed E-state index contributed by atoms with van der Waals surface area (Å²) in [6.45, 7) is 2.65. The summed E-state index contributed by atoms with van der Waals surface area (Å²) in [6.07, 6.45) is 1.33. The van der Waals surface area contributed by atoms with Crippen LogP contribution in [0.2, 0.25) is 0 Å². The van der Waals surface area contributed by atoms with Gasteiger partial charge < -0.3 is 11.1 Å². The maximum Gasteiger partial charge on any atom is 0.224 e. The highest BCUT2D eigenvalue weighted by Gasteiger charge is 2.17. The van der Waals surface area contributed by atoms with Crippen LogP contribution in [0.3, 0.4) is 0 Å². The molecule has 0 saturated heterocycles. The van der Waals surface area contributed by atoms with Gasteiger partial charge in [-0.3, -0.25) is 4.79 Å². The quantitative estimate of drug-likeness (QED) is 0.694. The fourth-order valence-electron chi connectivity index (χ4n) is 3.10. The average molecular weight is 386 g/mol. The summed E-state index contributed by atoms with van der Waals surface area (Å²) in [4.78, 5) is 17.6. The molecule has 1 aliphatic rings. The van der Waals surface area contributed by atoms with Crippen LogP contribution in [0.15, 0.2) is 42.5 Å². The minimum Gasteiger partial charge on any atom is -0.326 e. The molecule has 0 atom stereocenters. The van der Waals surface area contributed by atoms with E-state index in [1.54, 1.807) is 11.3 Å². The number of nitrogens with zero attached hydrogens (tertiary/aromatic N) is 1. The van der Waals surface area contributed by atoms with Gasteiger partial charge in [-0.15, -0.1) is 23.7 Å². The molecule has 0 bridgehead atoms. The molecule has 0 saturated carbocycles.